The van der Waals surface area contributed by atoms with Crippen molar-refractivity contribution < 1.29 is 9.21 Å². The van der Waals surface area contributed by atoms with Crippen molar-refractivity contribution >= 4 is 5.91 Å². The zero-order valence-electron chi connectivity index (χ0n) is 8.80. The molecule has 0 aromatic carbocycles. The van der Waals surface area contributed by atoms with Gasteiger partial charge in [0.1, 0.15) is 5.76 Å². The van der Waals surface area contributed by atoms with Crippen molar-refractivity contribution in [1.29, 1.82) is 0 Å². The number of carbonyl (C=O) groups excluding carboxylic acids is 1. The molecule has 16 heavy (non-hydrogen) atoms. The monoisotopic (exact) mass is 219 g/mol. The van der Waals surface area contributed by atoms with E-state index in [2.05, 4.69) is 10.4 Å². The third-order valence-electron chi connectivity index (χ3n) is 2.17. The molecule has 1 N–H and O–H groups in total. The van der Waals surface area contributed by atoms with Crippen LogP contribution in [0.4, 0.5) is 0 Å². The highest BCUT2D eigenvalue weighted by molar-refractivity contribution is 5.75. The summed E-state index contributed by atoms with van der Waals surface area (Å²) in [6.07, 6.45) is 5.54. The van der Waals surface area contributed by atoms with E-state index in [9.17, 15) is 4.79 Å². The first-order valence-electron chi connectivity index (χ1n) is 5.11. The summed E-state index contributed by atoms with van der Waals surface area (Å²) in [5, 5.41) is 6.79. The van der Waals surface area contributed by atoms with Gasteiger partial charge in [-0.3, -0.25) is 9.48 Å². The lowest BCUT2D eigenvalue weighted by atomic mass is 10.4. The van der Waals surface area contributed by atoms with Crippen molar-refractivity contribution in [2.24, 2.45) is 0 Å². The van der Waals surface area contributed by atoms with Crippen LogP contribution in [0.3, 0.4) is 0 Å². The van der Waals surface area contributed by atoms with Crippen molar-refractivity contribution in [1.82, 2.24) is 15.1 Å². The normalized spacial score (nSPS) is 10.2. The van der Waals surface area contributed by atoms with E-state index >= 15 is 0 Å². The SMILES string of the molecule is O=C(CCn1cccn1)NCc1ccco1. The third kappa shape index (κ3) is 2.98. The molecular formula is C11H13N3O2. The van der Waals surface area contributed by atoms with Gasteiger partial charge in [0.25, 0.3) is 0 Å². The molecule has 0 unspecified atom stereocenters. The quantitative estimate of drug-likeness (QED) is 0.821. The van der Waals surface area contributed by atoms with Crippen LogP contribution in [0, 0.1) is 0 Å². The van der Waals surface area contributed by atoms with Gasteiger partial charge in [-0.1, -0.05) is 0 Å². The summed E-state index contributed by atoms with van der Waals surface area (Å²) in [7, 11) is 0. The number of carbonyl (C=O) groups is 1. The molecule has 0 aliphatic rings. The minimum absolute atomic E-state index is 0.00750. The predicted octanol–water partition coefficient (Wildman–Crippen LogP) is 1.18. The number of aromatic nitrogens is 2. The first-order chi connectivity index (χ1) is 7.84. The number of nitrogens with one attached hydrogen (secondary N) is 1. The number of furan rings is 1. The van der Waals surface area contributed by atoms with Crippen LogP contribution >= 0.6 is 0 Å². The molecule has 84 valence electrons. The van der Waals surface area contributed by atoms with Gasteiger partial charge in [0.05, 0.1) is 12.8 Å². The lowest BCUT2D eigenvalue weighted by Gasteiger charge is -2.03. The second kappa shape index (κ2) is 5.16. The van der Waals surface area contributed by atoms with E-state index in [1.807, 2.05) is 18.3 Å². The smallest absolute Gasteiger partial charge is 0.222 e. The van der Waals surface area contributed by atoms with Gasteiger partial charge in [-0.15, -0.1) is 0 Å². The first kappa shape index (κ1) is 10.5. The maximum Gasteiger partial charge on any atom is 0.222 e. The molecule has 2 aromatic heterocycles. The fourth-order valence-electron chi connectivity index (χ4n) is 1.34. The molecule has 2 rings (SSSR count). The summed E-state index contributed by atoms with van der Waals surface area (Å²) in [5.74, 6) is 0.749. The highest BCUT2D eigenvalue weighted by Crippen LogP contribution is 1.99. The zero-order chi connectivity index (χ0) is 11.2. The molecule has 0 aliphatic heterocycles. The van der Waals surface area contributed by atoms with Crippen LogP contribution < -0.4 is 5.32 Å². The summed E-state index contributed by atoms with van der Waals surface area (Å²) in [6, 6.07) is 5.46. The van der Waals surface area contributed by atoms with Crippen molar-refractivity contribution in [2.45, 2.75) is 19.5 Å². The number of nitrogens with zero attached hydrogens (tertiary/aromatic N) is 2. The summed E-state index contributed by atoms with van der Waals surface area (Å²) >= 11 is 0. The van der Waals surface area contributed by atoms with Crippen molar-refractivity contribution in [3.63, 3.8) is 0 Å². The van der Waals surface area contributed by atoms with Crippen LogP contribution in [-0.4, -0.2) is 15.7 Å². The largest absolute Gasteiger partial charge is 0.467 e. The van der Waals surface area contributed by atoms with Crippen LogP contribution in [-0.2, 0) is 17.9 Å². The fourth-order valence-corrected chi connectivity index (χ4v) is 1.34. The number of aryl methyl sites for hydroxylation is 1. The second-order valence-corrected chi connectivity index (χ2v) is 3.38. The van der Waals surface area contributed by atoms with Crippen LogP contribution in [0.2, 0.25) is 0 Å². The van der Waals surface area contributed by atoms with Gasteiger partial charge in [-0.05, 0) is 18.2 Å². The highest BCUT2D eigenvalue weighted by atomic mass is 16.3. The second-order valence-electron chi connectivity index (χ2n) is 3.38. The zero-order valence-corrected chi connectivity index (χ0v) is 8.80. The first-order valence-corrected chi connectivity index (χ1v) is 5.11. The Kier molecular flexibility index (Phi) is 3.38. The molecule has 0 saturated heterocycles. The van der Waals surface area contributed by atoms with E-state index in [0.717, 1.165) is 5.76 Å². The van der Waals surface area contributed by atoms with Gasteiger partial charge in [-0.2, -0.15) is 5.10 Å². The van der Waals surface area contributed by atoms with Gasteiger partial charge < -0.3 is 9.73 Å². The molecule has 2 aromatic rings. The van der Waals surface area contributed by atoms with E-state index in [1.165, 1.54) is 0 Å². The van der Waals surface area contributed by atoms with Crippen molar-refractivity contribution in [2.75, 3.05) is 0 Å². The Labute approximate surface area is 93.1 Å². The Bertz CT molecular complexity index is 380. The third-order valence-corrected chi connectivity index (χ3v) is 2.17. The Hall–Kier alpha value is -2.04. The lowest BCUT2D eigenvalue weighted by Crippen LogP contribution is -2.23. The molecule has 5 nitrogen and oxygen atoms in total. The van der Waals surface area contributed by atoms with E-state index in [0.29, 0.717) is 19.5 Å². The minimum atomic E-state index is -0.00750. The molecule has 0 bridgehead atoms. The minimum Gasteiger partial charge on any atom is -0.467 e. The van der Waals surface area contributed by atoms with Gasteiger partial charge in [0.15, 0.2) is 0 Å². The number of rotatable bonds is 5. The molecule has 2 heterocycles. The predicted molar refractivity (Wildman–Crippen MR) is 57.4 cm³/mol. The van der Waals surface area contributed by atoms with Crippen molar-refractivity contribution in [3.05, 3.63) is 42.6 Å². The Morgan fingerprint density at radius 1 is 1.50 bits per heavy atom. The van der Waals surface area contributed by atoms with E-state index in [-0.39, 0.29) is 5.91 Å². The Morgan fingerprint density at radius 2 is 2.44 bits per heavy atom. The fraction of sp³-hybridized carbons (Fsp3) is 0.273. The molecular weight excluding hydrogens is 206 g/mol. The van der Waals surface area contributed by atoms with Gasteiger partial charge >= 0.3 is 0 Å². The molecule has 0 aliphatic carbocycles. The van der Waals surface area contributed by atoms with Gasteiger partial charge in [0, 0.05) is 25.4 Å². The van der Waals surface area contributed by atoms with Gasteiger partial charge in [0.2, 0.25) is 5.91 Å². The van der Waals surface area contributed by atoms with Crippen LogP contribution in [0.5, 0.6) is 0 Å². The molecule has 0 spiro atoms. The number of hydrogen-bond donors (Lipinski definition) is 1. The molecule has 0 atom stereocenters. The summed E-state index contributed by atoms with van der Waals surface area (Å²) in [5.41, 5.74) is 0. The van der Waals surface area contributed by atoms with Crippen LogP contribution in [0.25, 0.3) is 0 Å². The number of amides is 1. The average molecular weight is 219 g/mol. The Morgan fingerprint density at radius 3 is 3.12 bits per heavy atom. The van der Waals surface area contributed by atoms with Gasteiger partial charge in [-0.25, -0.2) is 0 Å². The summed E-state index contributed by atoms with van der Waals surface area (Å²) in [6.45, 7) is 1.03. The van der Waals surface area contributed by atoms with Crippen LogP contribution in [0.15, 0.2) is 41.3 Å². The topological polar surface area (TPSA) is 60.1 Å². The maximum atomic E-state index is 11.4. The molecule has 0 fully saturated rings. The average Bonchev–Trinajstić information content (AvgIpc) is 2.96. The highest BCUT2D eigenvalue weighted by Gasteiger charge is 2.02. The number of hydrogen-bond acceptors (Lipinski definition) is 3. The standard InChI is InChI=1S/C11H13N3O2/c15-11(4-7-14-6-2-5-13-14)12-9-10-3-1-8-16-10/h1-3,5-6,8H,4,7,9H2,(H,12,15). The van der Waals surface area contributed by atoms with E-state index in [1.54, 1.807) is 23.2 Å². The Balaban J connectivity index is 1.69. The molecule has 0 saturated carbocycles. The van der Waals surface area contributed by atoms with E-state index < -0.39 is 0 Å². The van der Waals surface area contributed by atoms with E-state index in [4.69, 9.17) is 4.42 Å². The molecule has 1 amide bonds. The maximum absolute atomic E-state index is 11.4. The summed E-state index contributed by atoms with van der Waals surface area (Å²) in [4.78, 5) is 11.4. The molecule has 0 radical (unpaired) electrons. The summed E-state index contributed by atoms with van der Waals surface area (Å²) < 4.78 is 6.83. The van der Waals surface area contributed by atoms with Crippen LogP contribution in [0.1, 0.15) is 12.2 Å². The molecule has 5 heteroatoms. The van der Waals surface area contributed by atoms with Crippen molar-refractivity contribution in [3.8, 4) is 0 Å². The lowest BCUT2D eigenvalue weighted by molar-refractivity contribution is -0.121.